The second kappa shape index (κ2) is 8.91. The van der Waals surface area contributed by atoms with Crippen LogP contribution in [0.3, 0.4) is 0 Å². The zero-order valence-electron chi connectivity index (χ0n) is 18.1. The van der Waals surface area contributed by atoms with Gasteiger partial charge in [-0.25, -0.2) is 0 Å². The zero-order chi connectivity index (χ0) is 21.1. The summed E-state index contributed by atoms with van der Waals surface area (Å²) in [6.07, 6.45) is 6.02. The van der Waals surface area contributed by atoms with E-state index in [1.165, 1.54) is 24.0 Å². The molecule has 2 aromatic carbocycles. The molecule has 1 atom stereocenters. The van der Waals surface area contributed by atoms with E-state index in [-0.39, 0.29) is 17.4 Å². The van der Waals surface area contributed by atoms with Gasteiger partial charge in [0.1, 0.15) is 13.2 Å². The van der Waals surface area contributed by atoms with E-state index < -0.39 is 0 Å². The van der Waals surface area contributed by atoms with E-state index in [1.807, 2.05) is 24.3 Å². The topological polar surface area (TPSA) is 50.8 Å². The highest BCUT2D eigenvalue weighted by Crippen LogP contribution is 2.53. The van der Waals surface area contributed by atoms with E-state index in [4.69, 9.17) is 9.47 Å². The van der Waals surface area contributed by atoms with Crippen molar-refractivity contribution in [3.63, 3.8) is 0 Å². The molecule has 2 heterocycles. The van der Waals surface area contributed by atoms with Crippen LogP contribution in [-0.2, 0) is 16.6 Å². The summed E-state index contributed by atoms with van der Waals surface area (Å²) in [5.74, 6) is 1.82. The molecule has 1 N–H and O–H groups in total. The number of rotatable bonds is 8. The van der Waals surface area contributed by atoms with Crippen molar-refractivity contribution in [2.75, 3.05) is 32.8 Å². The van der Waals surface area contributed by atoms with Crippen molar-refractivity contribution < 1.29 is 14.3 Å². The van der Waals surface area contributed by atoms with Crippen molar-refractivity contribution in [3.8, 4) is 11.5 Å². The van der Waals surface area contributed by atoms with Crippen molar-refractivity contribution in [1.82, 2.24) is 10.2 Å². The van der Waals surface area contributed by atoms with Crippen LogP contribution in [0.5, 0.6) is 11.5 Å². The lowest BCUT2D eigenvalue weighted by Gasteiger charge is -2.33. The number of carbonyl (C=O) groups excluding carboxylic acids is 1. The maximum absolute atomic E-state index is 13.0. The van der Waals surface area contributed by atoms with Crippen molar-refractivity contribution in [3.05, 3.63) is 59.7 Å². The summed E-state index contributed by atoms with van der Waals surface area (Å²) >= 11 is 0. The fourth-order valence-electron chi connectivity index (χ4n) is 5.08. The first-order valence-corrected chi connectivity index (χ1v) is 11.7. The third-order valence-corrected chi connectivity index (χ3v) is 7.03. The number of amides is 1. The third kappa shape index (κ3) is 4.57. The third-order valence-electron chi connectivity index (χ3n) is 7.03. The average molecular weight is 421 g/mol. The Kier molecular flexibility index (Phi) is 5.86. The fraction of sp³-hybridized carbons (Fsp3) is 0.500. The van der Waals surface area contributed by atoms with Crippen LogP contribution < -0.4 is 14.8 Å². The van der Waals surface area contributed by atoms with Gasteiger partial charge in [0.05, 0.1) is 6.04 Å². The number of carbonyl (C=O) groups is 1. The van der Waals surface area contributed by atoms with Gasteiger partial charge in [0, 0.05) is 18.4 Å². The summed E-state index contributed by atoms with van der Waals surface area (Å²) in [4.78, 5) is 15.5. The Bertz CT molecular complexity index is 904. The Balaban J connectivity index is 1.32. The molecule has 0 spiro atoms. The lowest BCUT2D eigenvalue weighted by atomic mass is 9.87. The number of nitrogens with zero attached hydrogens (tertiary/aromatic N) is 1. The van der Waals surface area contributed by atoms with Gasteiger partial charge in [-0.1, -0.05) is 36.4 Å². The van der Waals surface area contributed by atoms with Crippen LogP contribution in [0, 0.1) is 0 Å². The van der Waals surface area contributed by atoms with Gasteiger partial charge in [-0.3, -0.25) is 4.79 Å². The number of likely N-dealkylation sites (tertiary alicyclic amines) is 1. The van der Waals surface area contributed by atoms with Gasteiger partial charge in [0.15, 0.2) is 11.5 Å². The highest BCUT2D eigenvalue weighted by atomic mass is 16.6. The first-order valence-electron chi connectivity index (χ1n) is 11.7. The summed E-state index contributed by atoms with van der Waals surface area (Å²) in [5.41, 5.74) is 2.48. The van der Waals surface area contributed by atoms with Crippen molar-refractivity contribution in [2.45, 2.75) is 50.0 Å². The number of nitrogens with one attached hydrogen (secondary N) is 1. The van der Waals surface area contributed by atoms with Crippen LogP contribution >= 0.6 is 0 Å². The summed E-state index contributed by atoms with van der Waals surface area (Å²) in [6, 6.07) is 16.7. The molecule has 5 nitrogen and oxygen atoms in total. The van der Waals surface area contributed by atoms with Gasteiger partial charge >= 0.3 is 0 Å². The second-order valence-electron chi connectivity index (χ2n) is 9.13. The minimum absolute atomic E-state index is 0.000827. The van der Waals surface area contributed by atoms with E-state index in [1.54, 1.807) is 0 Å². The van der Waals surface area contributed by atoms with Gasteiger partial charge < -0.3 is 19.7 Å². The van der Waals surface area contributed by atoms with Gasteiger partial charge in [-0.15, -0.1) is 0 Å². The first kappa shape index (κ1) is 20.4. The molecule has 2 aliphatic heterocycles. The molecular formula is C26H32N2O3. The van der Waals surface area contributed by atoms with E-state index in [0.717, 1.165) is 50.4 Å². The molecule has 5 rings (SSSR count). The first-order chi connectivity index (χ1) is 15.2. The molecule has 1 aliphatic carbocycles. The van der Waals surface area contributed by atoms with Crippen LogP contribution in [0.1, 0.15) is 43.2 Å². The predicted molar refractivity (Wildman–Crippen MR) is 121 cm³/mol. The Morgan fingerprint density at radius 3 is 2.48 bits per heavy atom. The summed E-state index contributed by atoms with van der Waals surface area (Å²) in [5, 5.41) is 3.44. The number of aryl methyl sites for hydroxylation is 1. The molecule has 1 saturated carbocycles. The summed E-state index contributed by atoms with van der Waals surface area (Å²) in [6.45, 7) is 4.39. The SMILES string of the molecule is O=C(CCc1ccccc1)N[C@H](CN1CCCC1)C1(c2ccc3c(c2)OCCO3)CC1. The van der Waals surface area contributed by atoms with Crippen molar-refractivity contribution in [2.24, 2.45) is 0 Å². The lowest BCUT2D eigenvalue weighted by molar-refractivity contribution is -0.122. The molecule has 0 unspecified atom stereocenters. The van der Waals surface area contributed by atoms with Crippen LogP contribution in [0.2, 0.25) is 0 Å². The van der Waals surface area contributed by atoms with Crippen LogP contribution in [0.4, 0.5) is 0 Å². The van der Waals surface area contributed by atoms with E-state index in [0.29, 0.717) is 19.6 Å². The molecule has 31 heavy (non-hydrogen) atoms. The number of ether oxygens (including phenoxy) is 2. The molecule has 5 heteroatoms. The van der Waals surface area contributed by atoms with Crippen LogP contribution in [0.25, 0.3) is 0 Å². The standard InChI is InChI=1S/C26H32N2O3/c29-25(11-8-20-6-2-1-3-7-20)27-24(19-28-14-4-5-15-28)26(12-13-26)21-9-10-22-23(18-21)31-17-16-30-22/h1-3,6-7,9-10,18,24H,4-5,8,11-17,19H2,(H,27,29)/t24-/m1/s1. The Hall–Kier alpha value is -2.53. The van der Waals surface area contributed by atoms with Crippen LogP contribution in [0.15, 0.2) is 48.5 Å². The molecule has 0 bridgehead atoms. The molecule has 0 aromatic heterocycles. The maximum atomic E-state index is 13.0. The van der Waals surface area contributed by atoms with Gasteiger partial charge in [-0.05, 0) is 68.5 Å². The molecule has 1 saturated heterocycles. The molecule has 2 fully saturated rings. The predicted octanol–water partition coefficient (Wildman–Crippen LogP) is 3.70. The van der Waals surface area contributed by atoms with Crippen LogP contribution in [-0.4, -0.2) is 49.7 Å². The van der Waals surface area contributed by atoms with E-state index in [9.17, 15) is 4.79 Å². The Labute approximate surface area is 184 Å². The van der Waals surface area contributed by atoms with Gasteiger partial charge in [-0.2, -0.15) is 0 Å². The quantitative estimate of drug-likeness (QED) is 0.708. The number of hydrogen-bond donors (Lipinski definition) is 1. The molecule has 1 amide bonds. The summed E-state index contributed by atoms with van der Waals surface area (Å²) in [7, 11) is 0. The maximum Gasteiger partial charge on any atom is 0.220 e. The minimum Gasteiger partial charge on any atom is -0.486 e. The monoisotopic (exact) mass is 420 g/mol. The molecular weight excluding hydrogens is 388 g/mol. The molecule has 2 aromatic rings. The van der Waals surface area contributed by atoms with Crippen molar-refractivity contribution >= 4 is 5.91 Å². The highest BCUT2D eigenvalue weighted by Gasteiger charge is 2.52. The Morgan fingerprint density at radius 2 is 1.74 bits per heavy atom. The van der Waals surface area contributed by atoms with Crippen molar-refractivity contribution in [1.29, 1.82) is 0 Å². The molecule has 3 aliphatic rings. The number of benzene rings is 2. The van der Waals surface area contributed by atoms with E-state index in [2.05, 4.69) is 34.5 Å². The average Bonchev–Trinajstić information content (AvgIpc) is 3.47. The molecule has 0 radical (unpaired) electrons. The second-order valence-corrected chi connectivity index (χ2v) is 9.13. The minimum atomic E-state index is 0.000827. The Morgan fingerprint density at radius 1 is 1.00 bits per heavy atom. The zero-order valence-corrected chi connectivity index (χ0v) is 18.1. The summed E-state index contributed by atoms with van der Waals surface area (Å²) < 4.78 is 11.6. The lowest BCUT2D eigenvalue weighted by Crippen LogP contribution is -2.50. The number of fused-ring (bicyclic) bond motifs is 1. The van der Waals surface area contributed by atoms with Gasteiger partial charge in [0.2, 0.25) is 5.91 Å². The van der Waals surface area contributed by atoms with Gasteiger partial charge in [0.25, 0.3) is 0 Å². The largest absolute Gasteiger partial charge is 0.486 e. The van der Waals surface area contributed by atoms with E-state index >= 15 is 0 Å². The fourth-order valence-corrected chi connectivity index (χ4v) is 5.08. The highest BCUT2D eigenvalue weighted by molar-refractivity contribution is 5.77. The smallest absolute Gasteiger partial charge is 0.220 e. The number of hydrogen-bond acceptors (Lipinski definition) is 4. The normalized spacial score (nSPS) is 20.3. The molecule has 164 valence electrons.